The minimum atomic E-state index is 0.486. The highest BCUT2D eigenvalue weighted by molar-refractivity contribution is 6.33. The Morgan fingerprint density at radius 1 is 1.39 bits per heavy atom. The van der Waals surface area contributed by atoms with Gasteiger partial charge in [0.05, 0.1) is 16.4 Å². The predicted molar refractivity (Wildman–Crippen MR) is 79.2 cm³/mol. The van der Waals surface area contributed by atoms with Crippen molar-refractivity contribution in [2.75, 3.05) is 30.7 Å². The molecule has 1 heterocycles. The molecule has 18 heavy (non-hydrogen) atoms. The molecule has 0 aromatic heterocycles. The van der Waals surface area contributed by atoms with E-state index in [-0.39, 0.29) is 0 Å². The average Bonchev–Trinajstić information content (AvgIpc) is 2.36. The third-order valence-electron chi connectivity index (χ3n) is 3.52. The molecular weight excluding hydrogens is 246 g/mol. The zero-order chi connectivity index (χ0) is 13.0. The Bertz CT molecular complexity index is 366. The van der Waals surface area contributed by atoms with Gasteiger partial charge >= 0.3 is 0 Å². The highest BCUT2D eigenvalue weighted by atomic mass is 35.5. The minimum Gasteiger partial charge on any atom is -0.397 e. The number of benzene rings is 1. The van der Waals surface area contributed by atoms with E-state index in [1.54, 1.807) is 0 Å². The van der Waals surface area contributed by atoms with Gasteiger partial charge in [-0.05, 0) is 37.9 Å². The van der Waals surface area contributed by atoms with E-state index in [1.165, 1.54) is 13.0 Å². The van der Waals surface area contributed by atoms with E-state index in [1.807, 2.05) is 18.2 Å². The lowest BCUT2D eigenvalue weighted by atomic mass is 10.0. The van der Waals surface area contributed by atoms with Crippen LogP contribution in [0.2, 0.25) is 5.02 Å². The maximum Gasteiger partial charge on any atom is 0.0765 e. The van der Waals surface area contributed by atoms with Crippen LogP contribution >= 0.6 is 11.6 Å². The fraction of sp³-hybridized carbons (Fsp3) is 0.571. The molecule has 0 saturated carbocycles. The Morgan fingerprint density at radius 3 is 2.72 bits per heavy atom. The average molecular weight is 268 g/mol. The van der Waals surface area contributed by atoms with Gasteiger partial charge in [-0.3, -0.25) is 0 Å². The van der Waals surface area contributed by atoms with Crippen LogP contribution in [0.1, 0.15) is 26.2 Å². The number of piperidine rings is 1. The summed E-state index contributed by atoms with van der Waals surface area (Å²) in [6.45, 7) is 5.77. The molecule has 1 aromatic carbocycles. The number of nitrogen functional groups attached to an aromatic ring is 1. The largest absolute Gasteiger partial charge is 0.397 e. The van der Waals surface area contributed by atoms with Gasteiger partial charge in [-0.2, -0.15) is 0 Å². The molecule has 1 fully saturated rings. The van der Waals surface area contributed by atoms with Crippen LogP contribution < -0.4 is 11.1 Å². The van der Waals surface area contributed by atoms with Crippen LogP contribution in [0.4, 0.5) is 11.4 Å². The molecule has 0 unspecified atom stereocenters. The molecule has 2 rings (SSSR count). The van der Waals surface area contributed by atoms with Gasteiger partial charge in [0, 0.05) is 19.1 Å². The first-order valence-corrected chi connectivity index (χ1v) is 7.11. The zero-order valence-electron chi connectivity index (χ0n) is 11.0. The molecule has 0 radical (unpaired) electrons. The highest BCUT2D eigenvalue weighted by Gasteiger charge is 2.19. The zero-order valence-corrected chi connectivity index (χ0v) is 11.7. The van der Waals surface area contributed by atoms with Crippen molar-refractivity contribution >= 4 is 23.0 Å². The van der Waals surface area contributed by atoms with Crippen LogP contribution in [0.5, 0.6) is 0 Å². The van der Waals surface area contributed by atoms with Gasteiger partial charge in [-0.15, -0.1) is 0 Å². The number of hydrogen-bond donors (Lipinski definition) is 2. The van der Waals surface area contributed by atoms with Gasteiger partial charge in [0.15, 0.2) is 0 Å². The highest BCUT2D eigenvalue weighted by Crippen LogP contribution is 2.29. The molecule has 0 bridgehead atoms. The van der Waals surface area contributed by atoms with Crippen LogP contribution in [0.15, 0.2) is 18.2 Å². The normalized spacial score (nSPS) is 17.9. The van der Waals surface area contributed by atoms with Crippen molar-refractivity contribution in [1.82, 2.24) is 4.90 Å². The first-order valence-electron chi connectivity index (χ1n) is 6.73. The van der Waals surface area contributed by atoms with Crippen LogP contribution in [0.3, 0.4) is 0 Å². The molecule has 0 spiro atoms. The lowest BCUT2D eigenvalue weighted by molar-refractivity contribution is 0.219. The number of anilines is 2. The maximum atomic E-state index is 6.17. The topological polar surface area (TPSA) is 41.3 Å². The number of para-hydroxylation sites is 1. The second kappa shape index (κ2) is 6.30. The van der Waals surface area contributed by atoms with Gasteiger partial charge in [0.1, 0.15) is 0 Å². The molecule has 1 aliphatic heterocycles. The molecule has 0 aliphatic carbocycles. The number of hydrogen-bond acceptors (Lipinski definition) is 3. The quantitative estimate of drug-likeness (QED) is 0.823. The van der Waals surface area contributed by atoms with Crippen molar-refractivity contribution in [2.24, 2.45) is 0 Å². The van der Waals surface area contributed by atoms with Crippen LogP contribution in [-0.2, 0) is 0 Å². The summed E-state index contributed by atoms with van der Waals surface area (Å²) in [6, 6.07) is 6.14. The maximum absolute atomic E-state index is 6.17. The van der Waals surface area contributed by atoms with Crippen molar-refractivity contribution in [3.8, 4) is 0 Å². The van der Waals surface area contributed by atoms with E-state index in [2.05, 4.69) is 17.1 Å². The summed E-state index contributed by atoms with van der Waals surface area (Å²) in [5, 5.41) is 4.21. The smallest absolute Gasteiger partial charge is 0.0765 e. The Kier molecular flexibility index (Phi) is 4.72. The number of nitrogens with one attached hydrogen (secondary N) is 1. The summed E-state index contributed by atoms with van der Waals surface area (Å²) in [7, 11) is 0. The van der Waals surface area contributed by atoms with E-state index < -0.39 is 0 Å². The lowest BCUT2D eigenvalue weighted by Crippen LogP contribution is -2.39. The first kappa shape index (κ1) is 13.5. The summed E-state index contributed by atoms with van der Waals surface area (Å²) in [6.07, 6.45) is 3.55. The van der Waals surface area contributed by atoms with Crippen molar-refractivity contribution < 1.29 is 0 Å². The van der Waals surface area contributed by atoms with E-state index in [4.69, 9.17) is 17.3 Å². The van der Waals surface area contributed by atoms with E-state index >= 15 is 0 Å². The summed E-state index contributed by atoms with van der Waals surface area (Å²) < 4.78 is 0. The van der Waals surface area contributed by atoms with Gasteiger partial charge < -0.3 is 16.0 Å². The van der Waals surface area contributed by atoms with Gasteiger partial charge in [-0.1, -0.05) is 24.6 Å². The van der Waals surface area contributed by atoms with Gasteiger partial charge in [0.2, 0.25) is 0 Å². The van der Waals surface area contributed by atoms with Gasteiger partial charge in [0.25, 0.3) is 0 Å². The summed E-state index contributed by atoms with van der Waals surface area (Å²) in [5.74, 6) is 0. The van der Waals surface area contributed by atoms with Crippen molar-refractivity contribution in [2.45, 2.75) is 32.2 Å². The molecule has 3 nitrogen and oxygen atoms in total. The Labute approximate surface area is 114 Å². The number of nitrogens with two attached hydrogens (primary N) is 1. The number of halogens is 1. The van der Waals surface area contributed by atoms with Crippen molar-refractivity contribution in [3.05, 3.63) is 23.2 Å². The fourth-order valence-corrected chi connectivity index (χ4v) is 2.75. The predicted octanol–water partition coefficient (Wildman–Crippen LogP) is 3.21. The Morgan fingerprint density at radius 2 is 2.11 bits per heavy atom. The standard InChI is InChI=1S/C14H22ClN3/c1-2-8-18-9-6-11(7-10-18)17-14-12(15)4-3-5-13(14)16/h3-5,11,17H,2,6-10,16H2,1H3. The minimum absolute atomic E-state index is 0.486. The summed E-state index contributed by atoms with van der Waals surface area (Å²) >= 11 is 6.17. The second-order valence-corrected chi connectivity index (χ2v) is 5.37. The van der Waals surface area contributed by atoms with Crippen LogP contribution in [0, 0.1) is 0 Å². The van der Waals surface area contributed by atoms with Crippen molar-refractivity contribution in [3.63, 3.8) is 0 Å². The lowest BCUT2D eigenvalue weighted by Gasteiger charge is -2.33. The van der Waals surface area contributed by atoms with Crippen LogP contribution in [0.25, 0.3) is 0 Å². The monoisotopic (exact) mass is 267 g/mol. The molecule has 1 aromatic rings. The molecule has 100 valence electrons. The number of nitrogens with zero attached hydrogens (tertiary/aromatic N) is 1. The van der Waals surface area contributed by atoms with Crippen molar-refractivity contribution in [1.29, 1.82) is 0 Å². The summed E-state index contributed by atoms with van der Waals surface area (Å²) in [4.78, 5) is 2.52. The molecule has 1 aliphatic rings. The molecule has 1 saturated heterocycles. The third-order valence-corrected chi connectivity index (χ3v) is 3.84. The fourth-order valence-electron chi connectivity index (χ4n) is 2.51. The first-order chi connectivity index (χ1) is 8.70. The Balaban J connectivity index is 1.92. The van der Waals surface area contributed by atoms with E-state index in [9.17, 15) is 0 Å². The SMILES string of the molecule is CCCN1CCC(Nc2c(N)cccc2Cl)CC1. The molecule has 4 heteroatoms. The number of likely N-dealkylation sites (tertiary alicyclic amines) is 1. The molecule has 0 amide bonds. The second-order valence-electron chi connectivity index (χ2n) is 4.96. The molecular formula is C14H22ClN3. The van der Waals surface area contributed by atoms with E-state index in [0.717, 1.165) is 37.3 Å². The Hall–Kier alpha value is -0.930. The summed E-state index contributed by atoms with van der Waals surface area (Å²) in [5.41, 5.74) is 7.59. The van der Waals surface area contributed by atoms with Gasteiger partial charge in [-0.25, -0.2) is 0 Å². The molecule has 3 N–H and O–H groups in total. The van der Waals surface area contributed by atoms with E-state index in [0.29, 0.717) is 11.1 Å². The van der Waals surface area contributed by atoms with Crippen LogP contribution in [-0.4, -0.2) is 30.6 Å². The number of rotatable bonds is 4. The third kappa shape index (κ3) is 3.30. The molecule has 0 atom stereocenters.